The van der Waals surface area contributed by atoms with Crippen LogP contribution < -0.4 is 10.5 Å². The van der Waals surface area contributed by atoms with Gasteiger partial charge in [-0.3, -0.25) is 0 Å². The van der Waals surface area contributed by atoms with Crippen LogP contribution in [0.25, 0.3) is 20.3 Å². The lowest BCUT2D eigenvalue weighted by molar-refractivity contribution is 0.489. The van der Waals surface area contributed by atoms with Crippen LogP contribution in [0.2, 0.25) is 0 Å². The molecule has 0 atom stereocenters. The summed E-state index contributed by atoms with van der Waals surface area (Å²) >= 11 is 3.36. The average Bonchev–Trinajstić information content (AvgIpc) is 3.04. The molecule has 0 saturated heterocycles. The van der Waals surface area contributed by atoms with E-state index in [0.717, 1.165) is 31.1 Å². The maximum atomic E-state index is 6.01. The van der Waals surface area contributed by atoms with E-state index in [1.807, 2.05) is 13.0 Å². The lowest BCUT2D eigenvalue weighted by Crippen LogP contribution is -1.91. The molecule has 104 valence electrons. The third kappa shape index (κ3) is 2.12. The summed E-state index contributed by atoms with van der Waals surface area (Å²) in [5.41, 5.74) is 6.76. The monoisotopic (exact) mass is 313 g/mol. The highest BCUT2D eigenvalue weighted by Gasteiger charge is 2.13. The molecule has 0 spiro atoms. The van der Waals surface area contributed by atoms with Gasteiger partial charge in [0, 0.05) is 23.7 Å². The Morgan fingerprint density at radius 3 is 3.00 bits per heavy atom. The van der Waals surface area contributed by atoms with E-state index in [2.05, 4.69) is 21.4 Å². The highest BCUT2D eigenvalue weighted by molar-refractivity contribution is 7.21. The van der Waals surface area contributed by atoms with Gasteiger partial charge < -0.3 is 10.5 Å². The highest BCUT2D eigenvalue weighted by Crippen LogP contribution is 2.40. The lowest BCUT2D eigenvalue weighted by Gasteiger charge is -2.07. The summed E-state index contributed by atoms with van der Waals surface area (Å²) in [5, 5.41) is 4.20. The van der Waals surface area contributed by atoms with Crippen molar-refractivity contribution in [3.63, 3.8) is 0 Å². The first-order valence-corrected chi connectivity index (χ1v) is 8.07. The fourth-order valence-corrected chi connectivity index (χ4v) is 4.12. The van der Waals surface area contributed by atoms with Gasteiger partial charge in [-0.15, -0.1) is 22.7 Å². The molecule has 0 aliphatic carbocycles. The molecule has 3 heterocycles. The standard InChI is InChI=1S/C15H11N3OS2/c1-8-18-14-12(21-8)7-11(10-3-5-20-15(10)14)19-9-2-4-17-13(16)6-9/h2-7H,1H3,(H2,16,17). The number of aromatic nitrogens is 2. The Labute approximate surface area is 128 Å². The molecule has 0 bridgehead atoms. The molecule has 4 rings (SSSR count). The predicted octanol–water partition coefficient (Wildman–Crippen LogP) is 4.59. The Bertz CT molecular complexity index is 958. The van der Waals surface area contributed by atoms with Crippen molar-refractivity contribution in [3.8, 4) is 11.5 Å². The molecule has 0 saturated carbocycles. The number of aryl methyl sites for hydroxylation is 1. The smallest absolute Gasteiger partial charge is 0.137 e. The molecule has 4 aromatic rings. The topological polar surface area (TPSA) is 61.0 Å². The second-order valence-electron chi connectivity index (χ2n) is 4.64. The molecule has 0 amide bonds. The van der Waals surface area contributed by atoms with Crippen molar-refractivity contribution >= 4 is 48.8 Å². The van der Waals surface area contributed by atoms with Gasteiger partial charge in [0.1, 0.15) is 17.3 Å². The summed E-state index contributed by atoms with van der Waals surface area (Å²) in [6, 6.07) is 7.64. The number of ether oxygens (including phenoxy) is 1. The molecule has 0 unspecified atom stereocenters. The molecule has 0 aliphatic heterocycles. The van der Waals surface area contributed by atoms with Crippen molar-refractivity contribution in [1.82, 2.24) is 9.97 Å². The number of nitrogens with two attached hydrogens (primary N) is 1. The third-order valence-corrected chi connectivity index (χ3v) is 4.99. The summed E-state index contributed by atoms with van der Waals surface area (Å²) in [4.78, 5) is 8.60. The van der Waals surface area contributed by atoms with Crippen molar-refractivity contribution in [3.05, 3.63) is 40.8 Å². The van der Waals surface area contributed by atoms with E-state index < -0.39 is 0 Å². The van der Waals surface area contributed by atoms with Crippen LogP contribution in [0.5, 0.6) is 11.5 Å². The molecule has 6 heteroatoms. The van der Waals surface area contributed by atoms with Gasteiger partial charge in [0.15, 0.2) is 0 Å². The molecule has 0 aliphatic rings. The second kappa shape index (κ2) is 4.68. The number of thiophene rings is 1. The number of pyridine rings is 1. The zero-order valence-corrected chi connectivity index (χ0v) is 12.8. The molecule has 1 aromatic carbocycles. The van der Waals surface area contributed by atoms with Gasteiger partial charge in [-0.25, -0.2) is 9.97 Å². The number of nitrogen functional groups attached to an aromatic ring is 1. The first-order chi connectivity index (χ1) is 10.2. The van der Waals surface area contributed by atoms with Gasteiger partial charge in [-0.05, 0) is 24.4 Å². The SMILES string of the molecule is Cc1nc2c(cc(Oc3ccnc(N)c3)c3ccsc32)s1. The lowest BCUT2D eigenvalue weighted by atomic mass is 10.2. The van der Waals surface area contributed by atoms with Crippen LogP contribution >= 0.6 is 22.7 Å². The van der Waals surface area contributed by atoms with Crippen molar-refractivity contribution in [2.24, 2.45) is 0 Å². The van der Waals surface area contributed by atoms with Gasteiger partial charge >= 0.3 is 0 Å². The number of fused-ring (bicyclic) bond motifs is 3. The third-order valence-electron chi connectivity index (χ3n) is 3.15. The fraction of sp³-hybridized carbons (Fsp3) is 0.0667. The molecular formula is C15H11N3OS2. The van der Waals surface area contributed by atoms with Crippen LogP contribution in [-0.2, 0) is 0 Å². The highest BCUT2D eigenvalue weighted by atomic mass is 32.1. The summed E-state index contributed by atoms with van der Waals surface area (Å²) in [6.45, 7) is 2.02. The maximum absolute atomic E-state index is 6.01. The number of rotatable bonds is 2. The van der Waals surface area contributed by atoms with Crippen molar-refractivity contribution in [2.75, 3.05) is 5.73 Å². The minimum absolute atomic E-state index is 0.448. The molecule has 0 fully saturated rings. The molecule has 0 radical (unpaired) electrons. The van der Waals surface area contributed by atoms with Crippen LogP contribution in [0.3, 0.4) is 0 Å². The van der Waals surface area contributed by atoms with Crippen molar-refractivity contribution < 1.29 is 4.74 Å². The van der Waals surface area contributed by atoms with E-state index in [1.165, 1.54) is 0 Å². The average molecular weight is 313 g/mol. The summed E-state index contributed by atoms with van der Waals surface area (Å²) < 4.78 is 8.31. The Balaban J connectivity index is 1.92. The Hall–Kier alpha value is -2.18. The van der Waals surface area contributed by atoms with Crippen LogP contribution in [0.4, 0.5) is 5.82 Å². The van der Waals surface area contributed by atoms with E-state index in [1.54, 1.807) is 41.0 Å². The van der Waals surface area contributed by atoms with Gasteiger partial charge in [-0.1, -0.05) is 0 Å². The maximum Gasteiger partial charge on any atom is 0.137 e. The molecule has 21 heavy (non-hydrogen) atoms. The van der Waals surface area contributed by atoms with E-state index in [-0.39, 0.29) is 0 Å². The summed E-state index contributed by atoms with van der Waals surface area (Å²) in [6.07, 6.45) is 1.64. The number of anilines is 1. The zero-order chi connectivity index (χ0) is 14.4. The Morgan fingerprint density at radius 2 is 2.14 bits per heavy atom. The summed E-state index contributed by atoms with van der Waals surface area (Å²) in [7, 11) is 0. The predicted molar refractivity (Wildman–Crippen MR) is 88.5 cm³/mol. The number of benzene rings is 1. The van der Waals surface area contributed by atoms with Crippen LogP contribution in [0.1, 0.15) is 5.01 Å². The minimum Gasteiger partial charge on any atom is -0.456 e. The number of hydrogen-bond acceptors (Lipinski definition) is 6. The van der Waals surface area contributed by atoms with Crippen LogP contribution in [0, 0.1) is 6.92 Å². The second-order valence-corrected chi connectivity index (χ2v) is 6.79. The number of nitrogens with zero attached hydrogens (tertiary/aromatic N) is 2. The first kappa shape index (κ1) is 12.6. The van der Waals surface area contributed by atoms with Gasteiger partial charge in [-0.2, -0.15) is 0 Å². The van der Waals surface area contributed by atoms with Gasteiger partial charge in [0.2, 0.25) is 0 Å². The number of hydrogen-bond donors (Lipinski definition) is 1. The van der Waals surface area contributed by atoms with Crippen LogP contribution in [-0.4, -0.2) is 9.97 Å². The Morgan fingerprint density at radius 1 is 1.24 bits per heavy atom. The van der Waals surface area contributed by atoms with Gasteiger partial charge in [0.05, 0.1) is 19.9 Å². The summed E-state index contributed by atoms with van der Waals surface area (Å²) in [5.74, 6) is 1.97. The number of thiazole rings is 1. The van der Waals surface area contributed by atoms with E-state index in [0.29, 0.717) is 11.6 Å². The Kier molecular flexibility index (Phi) is 2.80. The fourth-order valence-electron chi connectivity index (χ4n) is 2.29. The molecular weight excluding hydrogens is 302 g/mol. The quantitative estimate of drug-likeness (QED) is 0.588. The van der Waals surface area contributed by atoms with E-state index in [4.69, 9.17) is 10.5 Å². The van der Waals surface area contributed by atoms with Crippen molar-refractivity contribution in [1.29, 1.82) is 0 Å². The normalized spacial score (nSPS) is 11.3. The van der Waals surface area contributed by atoms with Crippen molar-refractivity contribution in [2.45, 2.75) is 6.92 Å². The molecule has 3 aromatic heterocycles. The minimum atomic E-state index is 0.448. The van der Waals surface area contributed by atoms with E-state index in [9.17, 15) is 0 Å². The molecule has 2 N–H and O–H groups in total. The van der Waals surface area contributed by atoms with Crippen LogP contribution in [0.15, 0.2) is 35.8 Å². The van der Waals surface area contributed by atoms with Gasteiger partial charge in [0.25, 0.3) is 0 Å². The van der Waals surface area contributed by atoms with E-state index >= 15 is 0 Å². The molecule has 4 nitrogen and oxygen atoms in total. The first-order valence-electron chi connectivity index (χ1n) is 6.37. The zero-order valence-electron chi connectivity index (χ0n) is 11.2. The largest absolute Gasteiger partial charge is 0.456 e.